The summed E-state index contributed by atoms with van der Waals surface area (Å²) in [5, 5.41) is 0. The minimum Gasteiger partial charge on any atom is -0.459 e. The summed E-state index contributed by atoms with van der Waals surface area (Å²) in [6.07, 6.45) is 5.58. The molecule has 0 aliphatic heterocycles. The summed E-state index contributed by atoms with van der Waals surface area (Å²) in [5.41, 5.74) is -1.45. The first-order valence-electron chi connectivity index (χ1n) is 6.66. The Morgan fingerprint density at radius 3 is 2.67 bits per heavy atom. The number of esters is 1. The summed E-state index contributed by atoms with van der Waals surface area (Å²) in [4.78, 5) is 24.8. The van der Waals surface area contributed by atoms with Gasteiger partial charge >= 0.3 is 5.97 Å². The molecule has 0 heterocycles. The van der Waals surface area contributed by atoms with Crippen LogP contribution in [0.25, 0.3) is 0 Å². The molecule has 0 aromatic carbocycles. The lowest BCUT2D eigenvalue weighted by atomic mass is 9.78. The molecule has 0 bridgehead atoms. The lowest BCUT2D eigenvalue weighted by Crippen LogP contribution is -2.34. The number of carbonyl (C=O) groups excluding carboxylic acids is 2. The number of Topliss-reactive ketones (excluding diaryl/α,β-unsaturated/α-hetero) is 1. The zero-order valence-corrected chi connectivity index (χ0v) is 11.4. The highest BCUT2D eigenvalue weighted by molar-refractivity contribution is 6.11. The quantitative estimate of drug-likeness (QED) is 0.407. The maximum Gasteiger partial charge on any atom is 0.320 e. The summed E-state index contributed by atoms with van der Waals surface area (Å²) in [7, 11) is 0. The molecular formula is C15H20O3. The lowest BCUT2D eigenvalue weighted by molar-refractivity contribution is -0.164. The van der Waals surface area contributed by atoms with E-state index >= 15 is 0 Å². The molecule has 3 aliphatic rings. The second kappa shape index (κ2) is 3.06. The van der Waals surface area contributed by atoms with Gasteiger partial charge in [-0.3, -0.25) is 9.59 Å². The third-order valence-corrected chi connectivity index (χ3v) is 4.71. The van der Waals surface area contributed by atoms with Crippen LogP contribution in [0.15, 0.2) is 12.2 Å². The van der Waals surface area contributed by atoms with Crippen LogP contribution in [0.1, 0.15) is 40.5 Å². The molecule has 98 valence electrons. The fourth-order valence-corrected chi connectivity index (χ4v) is 4.14. The number of carbonyl (C=O) groups is 2. The Morgan fingerprint density at radius 2 is 2.11 bits per heavy atom. The van der Waals surface area contributed by atoms with Crippen LogP contribution in [-0.2, 0) is 14.3 Å². The normalized spacial score (nSPS) is 44.8. The van der Waals surface area contributed by atoms with Gasteiger partial charge in [-0.15, -0.1) is 0 Å². The molecule has 4 atom stereocenters. The number of allylic oxidation sites excluding steroid dienone is 2. The molecule has 3 heteroatoms. The molecule has 3 nitrogen and oxygen atoms in total. The van der Waals surface area contributed by atoms with Crippen LogP contribution in [0.2, 0.25) is 0 Å². The molecule has 0 unspecified atom stereocenters. The van der Waals surface area contributed by atoms with Crippen molar-refractivity contribution in [1.82, 2.24) is 0 Å². The molecule has 0 spiro atoms. The zero-order chi connectivity index (χ0) is 13.3. The molecule has 18 heavy (non-hydrogen) atoms. The van der Waals surface area contributed by atoms with Crippen LogP contribution < -0.4 is 0 Å². The van der Waals surface area contributed by atoms with Crippen molar-refractivity contribution in [2.24, 2.45) is 22.7 Å². The maximum absolute atomic E-state index is 12.4. The number of ether oxygens (including phenoxy) is 1. The standard InChI is InChI=1S/C15H20O3/c1-13(2,3)18-12(17)15-9-6-5-7-14(4,11(9)15)8-10(15)16/h5,7,9,11H,6,8H2,1-4H3/t9-,11-,14-,15-/m0/s1. The predicted octanol–water partition coefficient (Wildman–Crippen LogP) is 2.50. The molecule has 0 amide bonds. The van der Waals surface area contributed by atoms with E-state index in [4.69, 9.17) is 4.74 Å². The number of fused-ring (bicyclic) bond motifs is 1. The SMILES string of the molecule is CC(C)(C)OC(=O)[C@]12C(=O)C[C@]3(C)C=CC[C@H]1[C@H]23. The van der Waals surface area contributed by atoms with Gasteiger partial charge in [0.15, 0.2) is 5.78 Å². The Morgan fingerprint density at radius 1 is 1.44 bits per heavy atom. The van der Waals surface area contributed by atoms with Crippen LogP contribution >= 0.6 is 0 Å². The van der Waals surface area contributed by atoms with Crippen molar-refractivity contribution in [1.29, 1.82) is 0 Å². The minimum absolute atomic E-state index is 0.0959. The third kappa shape index (κ3) is 1.25. The summed E-state index contributed by atoms with van der Waals surface area (Å²) < 4.78 is 5.50. The molecule has 3 rings (SSSR count). The number of hydrogen-bond donors (Lipinski definition) is 0. The van der Waals surface area contributed by atoms with Gasteiger partial charge in [-0.25, -0.2) is 0 Å². The van der Waals surface area contributed by atoms with Crippen LogP contribution in [-0.4, -0.2) is 17.4 Å². The molecule has 3 aliphatic carbocycles. The van der Waals surface area contributed by atoms with Crippen LogP contribution in [0.3, 0.4) is 0 Å². The molecule has 0 aromatic heterocycles. The topological polar surface area (TPSA) is 43.4 Å². The zero-order valence-electron chi connectivity index (χ0n) is 11.4. The molecular weight excluding hydrogens is 228 g/mol. The van der Waals surface area contributed by atoms with Crippen molar-refractivity contribution < 1.29 is 14.3 Å². The van der Waals surface area contributed by atoms with Gasteiger partial charge < -0.3 is 4.74 Å². The largest absolute Gasteiger partial charge is 0.459 e. The lowest BCUT2D eigenvalue weighted by Gasteiger charge is -2.25. The summed E-state index contributed by atoms with van der Waals surface area (Å²) in [6, 6.07) is 0. The Bertz CT molecular complexity index is 471. The van der Waals surface area contributed by atoms with Crippen molar-refractivity contribution in [2.45, 2.75) is 46.1 Å². The molecule has 0 aromatic rings. The number of hydrogen-bond acceptors (Lipinski definition) is 3. The molecule has 0 N–H and O–H groups in total. The Balaban J connectivity index is 1.94. The van der Waals surface area contributed by atoms with Gasteiger partial charge in [0.2, 0.25) is 0 Å². The van der Waals surface area contributed by atoms with E-state index in [1.165, 1.54) is 0 Å². The summed E-state index contributed by atoms with van der Waals surface area (Å²) in [6.45, 7) is 7.65. The highest BCUT2D eigenvalue weighted by atomic mass is 16.6. The Labute approximate surface area is 108 Å². The number of rotatable bonds is 1. The minimum atomic E-state index is -0.814. The van der Waals surface area contributed by atoms with Gasteiger partial charge in [0.1, 0.15) is 11.0 Å². The number of ketones is 1. The van der Waals surface area contributed by atoms with Gasteiger partial charge in [0, 0.05) is 6.42 Å². The maximum atomic E-state index is 12.4. The molecule has 0 saturated heterocycles. The van der Waals surface area contributed by atoms with Crippen molar-refractivity contribution in [3.63, 3.8) is 0 Å². The average Bonchev–Trinajstić information content (AvgIpc) is 2.79. The summed E-state index contributed by atoms with van der Waals surface area (Å²) >= 11 is 0. The van der Waals surface area contributed by atoms with Gasteiger partial charge in [-0.2, -0.15) is 0 Å². The predicted molar refractivity (Wildman–Crippen MR) is 66.7 cm³/mol. The van der Waals surface area contributed by atoms with Gasteiger partial charge in [-0.05, 0) is 44.4 Å². The summed E-state index contributed by atoms with van der Waals surface area (Å²) in [5.74, 6) is 0.168. The van der Waals surface area contributed by atoms with Crippen LogP contribution in [0.5, 0.6) is 0 Å². The highest BCUT2D eigenvalue weighted by Crippen LogP contribution is 2.76. The first kappa shape index (κ1) is 11.9. The average molecular weight is 248 g/mol. The second-order valence-electron chi connectivity index (χ2n) is 7.20. The van der Waals surface area contributed by atoms with Crippen LogP contribution in [0, 0.1) is 22.7 Å². The van der Waals surface area contributed by atoms with E-state index in [0.29, 0.717) is 6.42 Å². The Kier molecular flexibility index (Phi) is 2.03. The Hall–Kier alpha value is -1.12. The monoisotopic (exact) mass is 248 g/mol. The fourth-order valence-electron chi connectivity index (χ4n) is 4.14. The smallest absolute Gasteiger partial charge is 0.320 e. The molecule has 2 fully saturated rings. The van der Waals surface area contributed by atoms with Gasteiger partial charge in [0.25, 0.3) is 0 Å². The van der Waals surface area contributed by atoms with Crippen molar-refractivity contribution >= 4 is 11.8 Å². The van der Waals surface area contributed by atoms with E-state index in [2.05, 4.69) is 19.1 Å². The van der Waals surface area contributed by atoms with Crippen molar-refractivity contribution in [3.8, 4) is 0 Å². The third-order valence-electron chi connectivity index (χ3n) is 4.71. The van der Waals surface area contributed by atoms with Gasteiger partial charge in [0.05, 0.1) is 0 Å². The van der Waals surface area contributed by atoms with E-state index in [0.717, 1.165) is 6.42 Å². The van der Waals surface area contributed by atoms with Crippen LogP contribution in [0.4, 0.5) is 0 Å². The van der Waals surface area contributed by atoms with E-state index in [1.807, 2.05) is 20.8 Å². The second-order valence-corrected chi connectivity index (χ2v) is 7.20. The highest BCUT2D eigenvalue weighted by Gasteiger charge is 2.83. The van der Waals surface area contributed by atoms with E-state index < -0.39 is 11.0 Å². The van der Waals surface area contributed by atoms with E-state index in [-0.39, 0.29) is 29.0 Å². The molecule has 0 radical (unpaired) electrons. The van der Waals surface area contributed by atoms with E-state index in [9.17, 15) is 9.59 Å². The first-order valence-corrected chi connectivity index (χ1v) is 6.66. The molecule has 2 saturated carbocycles. The first-order chi connectivity index (χ1) is 8.22. The van der Waals surface area contributed by atoms with E-state index in [1.54, 1.807) is 0 Å². The fraction of sp³-hybridized carbons (Fsp3) is 0.733. The van der Waals surface area contributed by atoms with Crippen molar-refractivity contribution in [3.05, 3.63) is 12.2 Å². The van der Waals surface area contributed by atoms with Gasteiger partial charge in [-0.1, -0.05) is 19.1 Å². The van der Waals surface area contributed by atoms with Crippen molar-refractivity contribution in [2.75, 3.05) is 0 Å².